The lowest BCUT2D eigenvalue weighted by Crippen LogP contribution is -2.46. The zero-order valence-electron chi connectivity index (χ0n) is 13.0. The van der Waals surface area contributed by atoms with E-state index in [1.807, 2.05) is 6.92 Å². The summed E-state index contributed by atoms with van der Waals surface area (Å²) in [5.41, 5.74) is 0. The molecule has 1 aromatic heterocycles. The highest BCUT2D eigenvalue weighted by Gasteiger charge is 2.28. The first kappa shape index (κ1) is 17.0. The third kappa shape index (κ3) is 3.68. The highest BCUT2D eigenvalue weighted by molar-refractivity contribution is 7.89. The molecule has 0 radical (unpaired) electrons. The Hall–Kier alpha value is -1.38. The van der Waals surface area contributed by atoms with E-state index >= 15 is 0 Å². The number of piperidine rings is 1. The van der Waals surface area contributed by atoms with Gasteiger partial charge in [0, 0.05) is 12.6 Å². The van der Waals surface area contributed by atoms with Crippen molar-refractivity contribution in [2.75, 3.05) is 26.7 Å². The minimum absolute atomic E-state index is 0.0702. The minimum Gasteiger partial charge on any atom is -0.438 e. The van der Waals surface area contributed by atoms with E-state index < -0.39 is 10.0 Å². The van der Waals surface area contributed by atoms with Crippen molar-refractivity contribution in [1.82, 2.24) is 14.9 Å². The summed E-state index contributed by atoms with van der Waals surface area (Å²) in [5, 5.41) is 3.04. The van der Waals surface area contributed by atoms with Crippen LogP contribution in [0.2, 0.25) is 0 Å². The summed E-state index contributed by atoms with van der Waals surface area (Å²) in [7, 11) is -2.37. The Bertz CT molecular complexity index is 605. The van der Waals surface area contributed by atoms with Gasteiger partial charge in [0.25, 0.3) is 15.9 Å². The molecule has 8 heteroatoms. The van der Waals surface area contributed by atoms with Crippen LogP contribution in [0.1, 0.15) is 36.7 Å². The smallest absolute Gasteiger partial charge is 0.289 e. The predicted molar refractivity (Wildman–Crippen MR) is 82.2 cm³/mol. The van der Waals surface area contributed by atoms with Gasteiger partial charge in [-0.2, -0.15) is 0 Å². The van der Waals surface area contributed by atoms with Crippen LogP contribution >= 0.6 is 0 Å². The fourth-order valence-corrected chi connectivity index (χ4v) is 3.28. The van der Waals surface area contributed by atoms with Gasteiger partial charge in [-0.15, -0.1) is 0 Å². The van der Waals surface area contributed by atoms with Gasteiger partial charge in [-0.25, -0.2) is 13.1 Å². The van der Waals surface area contributed by atoms with E-state index in [1.54, 1.807) is 4.90 Å². The van der Waals surface area contributed by atoms with Gasteiger partial charge >= 0.3 is 0 Å². The molecule has 2 rings (SSSR count). The second kappa shape index (κ2) is 7.26. The number of carbonyl (C=O) groups excluding carboxylic acids is 1. The van der Waals surface area contributed by atoms with Crippen LogP contribution < -0.4 is 10.0 Å². The number of hydrogen-bond acceptors (Lipinski definition) is 5. The molecule has 1 fully saturated rings. The molecule has 1 amide bonds. The molecule has 1 aromatic rings. The van der Waals surface area contributed by atoms with Crippen LogP contribution in [0, 0.1) is 0 Å². The molecule has 7 nitrogen and oxygen atoms in total. The average Bonchev–Trinajstić information content (AvgIpc) is 3.03. The van der Waals surface area contributed by atoms with E-state index in [-0.39, 0.29) is 22.8 Å². The lowest BCUT2D eigenvalue weighted by atomic mass is 10.0. The molecule has 0 atom stereocenters. The Kier molecular flexibility index (Phi) is 5.60. The monoisotopic (exact) mass is 329 g/mol. The highest BCUT2D eigenvalue weighted by Crippen LogP contribution is 2.19. The van der Waals surface area contributed by atoms with Gasteiger partial charge in [-0.3, -0.25) is 4.79 Å². The molecule has 0 aliphatic carbocycles. The van der Waals surface area contributed by atoms with Crippen LogP contribution in [-0.2, 0) is 10.0 Å². The summed E-state index contributed by atoms with van der Waals surface area (Å²) in [4.78, 5) is 14.5. The number of rotatable bonds is 6. The van der Waals surface area contributed by atoms with Crippen molar-refractivity contribution in [3.63, 3.8) is 0 Å². The summed E-state index contributed by atoms with van der Waals surface area (Å²) in [6.45, 7) is 4.42. The summed E-state index contributed by atoms with van der Waals surface area (Å²) in [5.74, 6) is -0.174. The molecule has 2 heterocycles. The molecule has 0 spiro atoms. The number of nitrogens with zero attached hydrogens (tertiary/aromatic N) is 1. The number of amides is 1. The van der Waals surface area contributed by atoms with Crippen molar-refractivity contribution >= 4 is 15.9 Å². The van der Waals surface area contributed by atoms with Crippen LogP contribution in [0.25, 0.3) is 0 Å². The Morgan fingerprint density at radius 3 is 2.68 bits per heavy atom. The molecule has 0 aromatic carbocycles. The molecule has 1 aliphatic heterocycles. The van der Waals surface area contributed by atoms with E-state index in [0.717, 1.165) is 32.4 Å². The van der Waals surface area contributed by atoms with Gasteiger partial charge in [0.15, 0.2) is 5.76 Å². The van der Waals surface area contributed by atoms with Gasteiger partial charge in [0.2, 0.25) is 5.09 Å². The van der Waals surface area contributed by atoms with Gasteiger partial charge in [-0.1, -0.05) is 6.92 Å². The van der Waals surface area contributed by atoms with Crippen LogP contribution in [0.4, 0.5) is 0 Å². The number of nitrogens with one attached hydrogen (secondary N) is 2. The lowest BCUT2D eigenvalue weighted by Gasteiger charge is -2.34. The van der Waals surface area contributed by atoms with Gasteiger partial charge in [0.05, 0.1) is 0 Å². The van der Waals surface area contributed by atoms with Crippen LogP contribution in [0.15, 0.2) is 21.6 Å². The van der Waals surface area contributed by atoms with Crippen molar-refractivity contribution in [3.05, 3.63) is 17.9 Å². The molecular formula is C14H23N3O4S. The topological polar surface area (TPSA) is 91.7 Å². The summed E-state index contributed by atoms with van der Waals surface area (Å²) in [6.07, 6.45) is 2.64. The molecule has 2 N–H and O–H groups in total. The minimum atomic E-state index is -3.67. The third-order valence-corrected chi connectivity index (χ3v) is 5.09. The standard InChI is InChI=1S/C14H23N3O4S/c1-3-10-17(11-6-8-16-9-7-11)14(18)12-4-5-13(21-12)22(19,20)15-2/h4-5,11,15-16H,3,6-10H2,1-2H3. The number of carbonyl (C=O) groups is 1. The predicted octanol–water partition coefficient (Wildman–Crippen LogP) is 0.792. The Labute approximate surface area is 131 Å². The number of hydrogen-bond donors (Lipinski definition) is 2. The van der Waals surface area contributed by atoms with Crippen molar-refractivity contribution < 1.29 is 17.6 Å². The average molecular weight is 329 g/mol. The van der Waals surface area contributed by atoms with Crippen LogP contribution in [-0.4, -0.2) is 51.9 Å². The maximum absolute atomic E-state index is 12.7. The normalized spacial score (nSPS) is 16.6. The second-order valence-electron chi connectivity index (χ2n) is 5.31. The van der Waals surface area contributed by atoms with E-state index in [1.165, 1.54) is 19.2 Å². The first-order valence-electron chi connectivity index (χ1n) is 7.54. The number of sulfonamides is 1. The van der Waals surface area contributed by atoms with E-state index in [0.29, 0.717) is 6.54 Å². The van der Waals surface area contributed by atoms with Crippen molar-refractivity contribution in [3.8, 4) is 0 Å². The lowest BCUT2D eigenvalue weighted by molar-refractivity contribution is 0.0604. The zero-order valence-corrected chi connectivity index (χ0v) is 13.8. The van der Waals surface area contributed by atoms with Gasteiger partial charge < -0.3 is 14.6 Å². The third-order valence-electron chi connectivity index (χ3n) is 3.80. The quantitative estimate of drug-likeness (QED) is 0.805. The molecule has 0 saturated carbocycles. The van der Waals surface area contributed by atoms with Crippen LogP contribution in [0.5, 0.6) is 0 Å². The fourth-order valence-electron chi connectivity index (χ4n) is 2.63. The molecule has 1 saturated heterocycles. The fraction of sp³-hybridized carbons (Fsp3) is 0.643. The Morgan fingerprint density at radius 2 is 2.09 bits per heavy atom. The first-order valence-corrected chi connectivity index (χ1v) is 9.03. The Balaban J connectivity index is 2.20. The molecule has 1 aliphatic rings. The first-order chi connectivity index (χ1) is 10.5. The Morgan fingerprint density at radius 1 is 1.41 bits per heavy atom. The molecule has 22 heavy (non-hydrogen) atoms. The SMILES string of the molecule is CCCN(C(=O)c1ccc(S(=O)(=O)NC)o1)C1CCNCC1. The van der Waals surface area contributed by atoms with E-state index in [4.69, 9.17) is 4.42 Å². The van der Waals surface area contributed by atoms with Crippen LogP contribution in [0.3, 0.4) is 0 Å². The maximum atomic E-state index is 12.7. The molecule has 0 bridgehead atoms. The maximum Gasteiger partial charge on any atom is 0.289 e. The van der Waals surface area contributed by atoms with Crippen molar-refractivity contribution in [1.29, 1.82) is 0 Å². The summed E-state index contributed by atoms with van der Waals surface area (Å²) < 4.78 is 30.8. The summed E-state index contributed by atoms with van der Waals surface area (Å²) in [6, 6.07) is 2.91. The van der Waals surface area contributed by atoms with Crippen molar-refractivity contribution in [2.24, 2.45) is 0 Å². The molecule has 124 valence electrons. The van der Waals surface area contributed by atoms with E-state index in [2.05, 4.69) is 10.0 Å². The number of furan rings is 1. The highest BCUT2D eigenvalue weighted by atomic mass is 32.2. The molecular weight excluding hydrogens is 306 g/mol. The largest absolute Gasteiger partial charge is 0.438 e. The zero-order chi connectivity index (χ0) is 16.2. The summed E-state index contributed by atoms with van der Waals surface area (Å²) >= 11 is 0. The molecule has 0 unspecified atom stereocenters. The van der Waals surface area contributed by atoms with E-state index in [9.17, 15) is 13.2 Å². The second-order valence-corrected chi connectivity index (χ2v) is 7.12. The van der Waals surface area contributed by atoms with Gasteiger partial charge in [0.1, 0.15) is 0 Å². The van der Waals surface area contributed by atoms with Crippen molar-refractivity contribution in [2.45, 2.75) is 37.3 Å². The van der Waals surface area contributed by atoms with Gasteiger partial charge in [-0.05, 0) is 51.5 Å².